The number of imide groups is 1. The number of aliphatic imine (C=N–C) groups is 1. The van der Waals surface area contributed by atoms with Gasteiger partial charge in [-0.25, -0.2) is 14.8 Å². The molecule has 0 radical (unpaired) electrons. The fourth-order valence-corrected chi connectivity index (χ4v) is 7.29. The first-order valence-electron chi connectivity index (χ1n) is 13.7. The van der Waals surface area contributed by atoms with Crippen LogP contribution in [0.1, 0.15) is 30.0 Å². The molecule has 1 unspecified atom stereocenters. The molecule has 10 heteroatoms. The fourth-order valence-electron chi connectivity index (χ4n) is 6.19. The number of thioether (sulfide) groups is 1. The molecule has 1 saturated heterocycles. The number of rotatable bonds is 7. The summed E-state index contributed by atoms with van der Waals surface area (Å²) in [6.07, 6.45) is 3.32. The highest BCUT2D eigenvalue weighted by atomic mass is 32.2. The third-order valence-corrected chi connectivity index (χ3v) is 9.34. The van der Waals surface area contributed by atoms with Crippen molar-refractivity contribution in [2.75, 3.05) is 39.9 Å². The number of benzene rings is 2. The van der Waals surface area contributed by atoms with E-state index < -0.39 is 11.3 Å². The summed E-state index contributed by atoms with van der Waals surface area (Å²) in [6, 6.07) is 15.2. The average Bonchev–Trinajstić information content (AvgIpc) is 3.58. The Kier molecular flexibility index (Phi) is 6.51. The first-order chi connectivity index (χ1) is 19.6. The summed E-state index contributed by atoms with van der Waals surface area (Å²) in [5, 5.41) is 0.0691. The topological polar surface area (TPSA) is 97.2 Å². The highest BCUT2D eigenvalue weighted by Crippen LogP contribution is 2.46. The maximum absolute atomic E-state index is 13.4. The van der Waals surface area contributed by atoms with Gasteiger partial charge in [0.15, 0.2) is 0 Å². The minimum atomic E-state index is -0.574. The molecule has 0 N–H and O–H groups in total. The molecule has 204 valence electrons. The number of hydrogen-bond donors (Lipinski definition) is 0. The van der Waals surface area contributed by atoms with Crippen LogP contribution in [0.25, 0.3) is 11.3 Å². The molecule has 7 rings (SSSR count). The summed E-state index contributed by atoms with van der Waals surface area (Å²) in [4.78, 5) is 43.6. The summed E-state index contributed by atoms with van der Waals surface area (Å²) in [5.41, 5.74) is 3.76. The number of carbonyl (C=O) groups excluding carboxylic acids is 2. The molecule has 3 amide bonds. The summed E-state index contributed by atoms with van der Waals surface area (Å²) in [7, 11) is 1.71. The van der Waals surface area contributed by atoms with Crippen molar-refractivity contribution in [2.24, 2.45) is 10.9 Å². The molecule has 0 aliphatic carbocycles. The van der Waals surface area contributed by atoms with Gasteiger partial charge in [0.2, 0.25) is 5.91 Å². The smallest absolute Gasteiger partial charge is 0.350 e. The van der Waals surface area contributed by atoms with Crippen LogP contribution in [0.3, 0.4) is 0 Å². The molecule has 0 saturated carbocycles. The molecule has 0 bridgehead atoms. The van der Waals surface area contributed by atoms with E-state index in [1.807, 2.05) is 48.5 Å². The van der Waals surface area contributed by atoms with E-state index in [9.17, 15) is 9.59 Å². The molecule has 5 heterocycles. The van der Waals surface area contributed by atoms with Gasteiger partial charge in [-0.1, -0.05) is 48.2 Å². The van der Waals surface area contributed by atoms with E-state index in [1.165, 1.54) is 22.2 Å². The predicted octanol–water partition coefficient (Wildman–Crippen LogP) is 4.27. The van der Waals surface area contributed by atoms with Crippen molar-refractivity contribution in [3.05, 3.63) is 66.0 Å². The Balaban J connectivity index is 0.972. The Labute approximate surface area is 236 Å². The summed E-state index contributed by atoms with van der Waals surface area (Å²) in [5.74, 6) is 2.42. The van der Waals surface area contributed by atoms with Crippen LogP contribution in [0.4, 0.5) is 4.79 Å². The van der Waals surface area contributed by atoms with Gasteiger partial charge >= 0.3 is 6.03 Å². The van der Waals surface area contributed by atoms with E-state index in [-0.39, 0.29) is 5.91 Å². The Morgan fingerprint density at radius 2 is 1.90 bits per heavy atom. The monoisotopic (exact) mass is 555 g/mol. The number of amides is 3. The molecular weight excluding hydrogens is 526 g/mol. The number of unbranched alkanes of at least 4 members (excludes halogenated alkanes) is 1. The van der Waals surface area contributed by atoms with Gasteiger partial charge in [-0.3, -0.25) is 9.69 Å². The number of hydrogen-bond acceptors (Lipinski definition) is 8. The number of aromatic nitrogens is 2. The van der Waals surface area contributed by atoms with Gasteiger partial charge in [-0.05, 0) is 31.5 Å². The Bertz CT molecular complexity index is 1500. The summed E-state index contributed by atoms with van der Waals surface area (Å²) in [6.45, 7) is 3.91. The van der Waals surface area contributed by atoms with Gasteiger partial charge in [0.05, 0.1) is 31.3 Å². The molecule has 0 spiro atoms. The number of carbonyl (C=O) groups is 2. The Morgan fingerprint density at radius 1 is 1.05 bits per heavy atom. The standard InChI is InChI=1S/C30H29N5O4S/c1-38-22-10-7-11-23-24(22)20-16-34(15-19(20)17-39-23)12-5-6-13-35-29(36)27-25(33-30(35)37)26-28(40-27)31-14-21(32-26)18-8-3-2-4-9-18/h2-4,7-11,14,19-20,27H,5-6,12-13,15-17H2,1H3/t19-,20-,27?/m1/s1. The zero-order valence-electron chi connectivity index (χ0n) is 22.2. The fraction of sp³-hybridized carbons (Fsp3) is 0.367. The lowest BCUT2D eigenvalue weighted by Crippen LogP contribution is -2.47. The van der Waals surface area contributed by atoms with E-state index in [2.05, 4.69) is 14.9 Å². The van der Waals surface area contributed by atoms with Crippen molar-refractivity contribution in [1.29, 1.82) is 0 Å². The first-order valence-corrected chi connectivity index (χ1v) is 14.5. The van der Waals surface area contributed by atoms with Crippen molar-refractivity contribution in [3.8, 4) is 22.8 Å². The van der Waals surface area contributed by atoms with Crippen LogP contribution < -0.4 is 9.47 Å². The van der Waals surface area contributed by atoms with Gasteiger partial charge in [-0.2, -0.15) is 4.99 Å². The largest absolute Gasteiger partial charge is 0.496 e. The molecule has 9 nitrogen and oxygen atoms in total. The summed E-state index contributed by atoms with van der Waals surface area (Å²) >= 11 is 1.33. The van der Waals surface area contributed by atoms with Gasteiger partial charge < -0.3 is 14.4 Å². The second-order valence-electron chi connectivity index (χ2n) is 10.6. The lowest BCUT2D eigenvalue weighted by molar-refractivity contribution is -0.126. The molecule has 4 aliphatic heterocycles. The number of ether oxygens (including phenoxy) is 2. The lowest BCUT2D eigenvalue weighted by atomic mass is 9.86. The van der Waals surface area contributed by atoms with Gasteiger partial charge in [0, 0.05) is 42.6 Å². The molecule has 3 aromatic rings. The molecule has 1 aromatic heterocycles. The molecular formula is C30H29N5O4S. The average molecular weight is 556 g/mol. The van der Waals surface area contributed by atoms with Crippen molar-refractivity contribution in [1.82, 2.24) is 19.8 Å². The molecule has 2 aromatic carbocycles. The van der Waals surface area contributed by atoms with E-state index in [1.54, 1.807) is 13.3 Å². The van der Waals surface area contributed by atoms with Crippen LogP contribution >= 0.6 is 11.8 Å². The van der Waals surface area contributed by atoms with Crippen LogP contribution in [0, 0.1) is 5.92 Å². The van der Waals surface area contributed by atoms with Crippen molar-refractivity contribution < 1.29 is 19.1 Å². The van der Waals surface area contributed by atoms with Gasteiger partial charge in [0.25, 0.3) is 0 Å². The number of methoxy groups -OCH3 is 1. The van der Waals surface area contributed by atoms with E-state index in [4.69, 9.17) is 14.5 Å². The minimum Gasteiger partial charge on any atom is -0.496 e. The van der Waals surface area contributed by atoms with Crippen molar-refractivity contribution >= 4 is 29.4 Å². The lowest BCUT2D eigenvalue weighted by Gasteiger charge is -2.29. The molecule has 4 aliphatic rings. The van der Waals surface area contributed by atoms with Gasteiger partial charge in [-0.15, -0.1) is 0 Å². The van der Waals surface area contributed by atoms with Crippen LogP contribution in [0.15, 0.2) is 64.7 Å². The molecule has 40 heavy (non-hydrogen) atoms. The molecule has 1 fully saturated rings. The number of fused-ring (bicyclic) bond motifs is 6. The van der Waals surface area contributed by atoms with E-state index >= 15 is 0 Å². The van der Waals surface area contributed by atoms with Gasteiger partial charge in [0.1, 0.15) is 27.5 Å². The highest BCUT2D eigenvalue weighted by Gasteiger charge is 2.45. The first kappa shape index (κ1) is 25.2. The van der Waals surface area contributed by atoms with Crippen LogP contribution in [-0.2, 0) is 4.79 Å². The minimum absolute atomic E-state index is 0.228. The van der Waals surface area contributed by atoms with E-state index in [0.29, 0.717) is 40.5 Å². The van der Waals surface area contributed by atoms with Crippen molar-refractivity contribution in [3.63, 3.8) is 0 Å². The number of urea groups is 1. The second kappa shape index (κ2) is 10.3. The third kappa shape index (κ3) is 4.35. The highest BCUT2D eigenvalue weighted by molar-refractivity contribution is 8.02. The predicted molar refractivity (Wildman–Crippen MR) is 151 cm³/mol. The maximum atomic E-state index is 13.4. The SMILES string of the molecule is COc1cccc2c1[C@@H]1CN(CCCCN3C(=O)N=C4c5nc(-c6ccccc6)cnc5SC4C3=O)C[C@@H]1CO2. The van der Waals surface area contributed by atoms with Crippen LogP contribution in [0.2, 0.25) is 0 Å². The number of nitrogens with zero attached hydrogens (tertiary/aromatic N) is 5. The van der Waals surface area contributed by atoms with E-state index in [0.717, 1.165) is 56.1 Å². The normalized spacial score (nSPS) is 23.2. The number of likely N-dealkylation sites (tertiary alicyclic amines) is 1. The van der Waals surface area contributed by atoms with Crippen molar-refractivity contribution in [2.45, 2.75) is 29.0 Å². The second-order valence-corrected chi connectivity index (χ2v) is 11.7. The Hall–Kier alpha value is -3.76. The zero-order chi connectivity index (χ0) is 27.2. The summed E-state index contributed by atoms with van der Waals surface area (Å²) < 4.78 is 11.7. The van der Waals surface area contributed by atoms with Crippen LogP contribution in [0.5, 0.6) is 11.5 Å². The third-order valence-electron chi connectivity index (χ3n) is 8.16. The maximum Gasteiger partial charge on any atom is 0.350 e. The van der Waals surface area contributed by atoms with Crippen LogP contribution in [-0.4, -0.2) is 82.6 Å². The Morgan fingerprint density at radius 3 is 2.75 bits per heavy atom. The molecule has 3 atom stereocenters. The quantitative estimate of drug-likeness (QED) is 0.399. The zero-order valence-corrected chi connectivity index (χ0v) is 23.0.